The van der Waals surface area contributed by atoms with E-state index in [1.807, 2.05) is 0 Å². The summed E-state index contributed by atoms with van der Waals surface area (Å²) >= 11 is 0. The summed E-state index contributed by atoms with van der Waals surface area (Å²) in [6.45, 7) is 6.06. The fourth-order valence-electron chi connectivity index (χ4n) is 3.38. The molecular weight excluding hydrogens is 294 g/mol. The van der Waals surface area contributed by atoms with Crippen LogP contribution in [-0.2, 0) is 11.2 Å². The van der Waals surface area contributed by atoms with Gasteiger partial charge in [0.25, 0.3) is 5.91 Å². The summed E-state index contributed by atoms with van der Waals surface area (Å²) in [5, 5.41) is 6.96. The van der Waals surface area contributed by atoms with Crippen molar-refractivity contribution in [3.05, 3.63) is 17.5 Å². The van der Waals surface area contributed by atoms with E-state index in [-0.39, 0.29) is 11.9 Å². The Morgan fingerprint density at radius 3 is 2.91 bits per heavy atom. The second-order valence-corrected chi connectivity index (χ2v) is 6.61. The molecule has 0 aromatic carbocycles. The van der Waals surface area contributed by atoms with Gasteiger partial charge in [-0.05, 0) is 32.1 Å². The Balaban J connectivity index is 1.41. The largest absolute Gasteiger partial charge is 0.377 e. The van der Waals surface area contributed by atoms with Crippen molar-refractivity contribution < 1.29 is 14.1 Å². The van der Waals surface area contributed by atoms with Gasteiger partial charge in [-0.1, -0.05) is 12.1 Å². The molecule has 23 heavy (non-hydrogen) atoms. The lowest BCUT2D eigenvalue weighted by atomic mass is 10.0. The number of hydrogen-bond acceptors (Lipinski definition) is 5. The minimum absolute atomic E-state index is 0.117. The average Bonchev–Trinajstić information content (AvgIpc) is 3.21. The molecule has 2 aliphatic heterocycles. The highest BCUT2D eigenvalue weighted by atomic mass is 16.5. The highest BCUT2D eigenvalue weighted by Crippen LogP contribution is 2.17. The Labute approximate surface area is 137 Å². The highest BCUT2D eigenvalue weighted by Gasteiger charge is 2.25. The quantitative estimate of drug-likeness (QED) is 0.868. The van der Waals surface area contributed by atoms with Crippen LogP contribution in [0.1, 0.15) is 55.3 Å². The van der Waals surface area contributed by atoms with Gasteiger partial charge in [0, 0.05) is 44.8 Å². The Bertz CT molecular complexity index is 503. The molecule has 0 radical (unpaired) electrons. The minimum atomic E-state index is -0.117. The van der Waals surface area contributed by atoms with E-state index in [0.29, 0.717) is 11.8 Å². The summed E-state index contributed by atoms with van der Waals surface area (Å²) in [5.41, 5.74) is 0.398. The van der Waals surface area contributed by atoms with Gasteiger partial charge in [0.15, 0.2) is 5.69 Å². The molecule has 2 aliphatic rings. The van der Waals surface area contributed by atoms with Gasteiger partial charge in [-0.25, -0.2) is 0 Å². The lowest BCUT2D eigenvalue weighted by molar-refractivity contribution is 0.0612. The minimum Gasteiger partial charge on any atom is -0.377 e. The zero-order chi connectivity index (χ0) is 16.1. The monoisotopic (exact) mass is 321 g/mol. The van der Waals surface area contributed by atoms with Crippen LogP contribution in [0.3, 0.4) is 0 Å². The van der Waals surface area contributed by atoms with Gasteiger partial charge in [-0.15, -0.1) is 0 Å². The lowest BCUT2D eigenvalue weighted by Gasteiger charge is -2.33. The molecule has 1 aromatic heterocycles. The summed E-state index contributed by atoms with van der Waals surface area (Å²) in [4.78, 5) is 14.7. The molecule has 1 amide bonds. The van der Waals surface area contributed by atoms with Crippen LogP contribution in [-0.4, -0.2) is 54.4 Å². The topological polar surface area (TPSA) is 67.6 Å². The number of ether oxygens (including phenoxy) is 1. The first-order valence-corrected chi connectivity index (χ1v) is 8.85. The Morgan fingerprint density at radius 1 is 1.39 bits per heavy atom. The van der Waals surface area contributed by atoms with E-state index in [1.54, 1.807) is 6.07 Å². The number of nitrogens with one attached hydrogen (secondary N) is 1. The zero-order valence-electron chi connectivity index (χ0n) is 13.9. The van der Waals surface area contributed by atoms with Crippen LogP contribution in [0, 0.1) is 0 Å². The number of likely N-dealkylation sites (tertiary alicyclic amines) is 1. The molecule has 2 fully saturated rings. The molecule has 128 valence electrons. The van der Waals surface area contributed by atoms with Crippen molar-refractivity contribution in [1.82, 2.24) is 15.4 Å². The van der Waals surface area contributed by atoms with Crippen LogP contribution in [0.4, 0.5) is 0 Å². The van der Waals surface area contributed by atoms with Crippen molar-refractivity contribution >= 4 is 5.91 Å². The standard InChI is InChI=1S/C17H27N3O3/c1-2-4-14-11-16(19-23-14)17(21)18-13-6-8-20(9-7-13)12-15-5-3-10-22-15/h11,13,15H,2-10,12H2,1H3,(H,18,21). The van der Waals surface area contributed by atoms with Gasteiger partial charge in [-0.2, -0.15) is 0 Å². The predicted molar refractivity (Wildman–Crippen MR) is 86.4 cm³/mol. The van der Waals surface area contributed by atoms with Crippen LogP contribution in [0.2, 0.25) is 0 Å². The van der Waals surface area contributed by atoms with E-state index in [2.05, 4.69) is 22.3 Å². The fourth-order valence-corrected chi connectivity index (χ4v) is 3.38. The number of rotatable bonds is 6. The molecule has 0 saturated carbocycles. The number of aromatic nitrogens is 1. The molecule has 6 nitrogen and oxygen atoms in total. The second-order valence-electron chi connectivity index (χ2n) is 6.61. The van der Waals surface area contributed by atoms with Gasteiger partial charge in [-0.3, -0.25) is 4.79 Å². The maximum Gasteiger partial charge on any atom is 0.273 e. The predicted octanol–water partition coefficient (Wildman–Crippen LogP) is 2.00. The molecule has 1 atom stereocenters. The van der Waals surface area contributed by atoms with Crippen molar-refractivity contribution in [2.45, 2.75) is 57.6 Å². The molecule has 0 spiro atoms. The molecule has 3 heterocycles. The Hall–Kier alpha value is -1.40. The van der Waals surface area contributed by atoms with Crippen molar-refractivity contribution in [2.24, 2.45) is 0 Å². The molecule has 1 N–H and O–H groups in total. The number of amides is 1. The van der Waals surface area contributed by atoms with Crippen molar-refractivity contribution in [3.8, 4) is 0 Å². The maximum absolute atomic E-state index is 12.2. The number of piperidine rings is 1. The normalized spacial score (nSPS) is 23.3. The molecule has 1 aromatic rings. The molecule has 0 bridgehead atoms. The van der Waals surface area contributed by atoms with Crippen LogP contribution in [0.25, 0.3) is 0 Å². The third-order valence-corrected chi connectivity index (χ3v) is 4.70. The van der Waals surface area contributed by atoms with E-state index >= 15 is 0 Å². The third kappa shape index (κ3) is 4.54. The first-order valence-electron chi connectivity index (χ1n) is 8.85. The zero-order valence-corrected chi connectivity index (χ0v) is 13.9. The van der Waals surface area contributed by atoms with Gasteiger partial charge >= 0.3 is 0 Å². The van der Waals surface area contributed by atoms with Crippen molar-refractivity contribution in [2.75, 3.05) is 26.2 Å². The average molecular weight is 321 g/mol. The molecule has 3 rings (SSSR count). The van der Waals surface area contributed by atoms with Crippen molar-refractivity contribution in [1.29, 1.82) is 0 Å². The number of aryl methyl sites for hydroxylation is 1. The molecular formula is C17H27N3O3. The van der Waals surface area contributed by atoms with E-state index in [4.69, 9.17) is 9.26 Å². The van der Waals surface area contributed by atoms with Crippen LogP contribution >= 0.6 is 0 Å². The molecule has 6 heteroatoms. The van der Waals surface area contributed by atoms with Crippen LogP contribution in [0.15, 0.2) is 10.6 Å². The summed E-state index contributed by atoms with van der Waals surface area (Å²) < 4.78 is 10.9. The Kier molecular flexibility index (Phi) is 5.67. The summed E-state index contributed by atoms with van der Waals surface area (Å²) in [7, 11) is 0. The summed E-state index contributed by atoms with van der Waals surface area (Å²) in [6.07, 6.45) is 6.56. The van der Waals surface area contributed by atoms with Gasteiger partial charge < -0.3 is 19.5 Å². The van der Waals surface area contributed by atoms with Gasteiger partial charge in [0.05, 0.1) is 6.10 Å². The Morgan fingerprint density at radius 2 is 2.22 bits per heavy atom. The molecule has 1 unspecified atom stereocenters. The SMILES string of the molecule is CCCc1cc(C(=O)NC2CCN(CC3CCCO3)CC2)no1. The van der Waals surface area contributed by atoms with Crippen LogP contribution in [0.5, 0.6) is 0 Å². The summed E-state index contributed by atoms with van der Waals surface area (Å²) in [5.74, 6) is 0.665. The fraction of sp³-hybridized carbons (Fsp3) is 0.765. The first-order chi connectivity index (χ1) is 11.2. The first kappa shape index (κ1) is 16.5. The van der Waals surface area contributed by atoms with Gasteiger partial charge in [0.2, 0.25) is 0 Å². The van der Waals surface area contributed by atoms with E-state index in [9.17, 15) is 4.79 Å². The van der Waals surface area contributed by atoms with E-state index < -0.39 is 0 Å². The van der Waals surface area contributed by atoms with Gasteiger partial charge in [0.1, 0.15) is 5.76 Å². The molecule has 0 aliphatic carbocycles. The van der Waals surface area contributed by atoms with E-state index in [0.717, 1.165) is 57.7 Å². The van der Waals surface area contributed by atoms with Crippen molar-refractivity contribution in [3.63, 3.8) is 0 Å². The number of carbonyl (C=O) groups excluding carboxylic acids is 1. The molecule has 2 saturated heterocycles. The number of nitrogens with zero attached hydrogens (tertiary/aromatic N) is 2. The lowest BCUT2D eigenvalue weighted by Crippen LogP contribution is -2.46. The highest BCUT2D eigenvalue weighted by molar-refractivity contribution is 5.92. The number of hydrogen-bond donors (Lipinski definition) is 1. The van der Waals surface area contributed by atoms with Crippen LogP contribution < -0.4 is 5.32 Å². The summed E-state index contributed by atoms with van der Waals surface area (Å²) in [6, 6.07) is 1.99. The third-order valence-electron chi connectivity index (χ3n) is 4.70. The second kappa shape index (κ2) is 7.93. The van der Waals surface area contributed by atoms with E-state index in [1.165, 1.54) is 12.8 Å². The maximum atomic E-state index is 12.2. The number of carbonyl (C=O) groups is 1. The smallest absolute Gasteiger partial charge is 0.273 e.